The molecule has 0 bridgehead atoms. The van der Waals surface area contributed by atoms with E-state index in [0.717, 1.165) is 37.4 Å². The van der Waals surface area contributed by atoms with E-state index in [1.807, 2.05) is 49.3 Å². The topological polar surface area (TPSA) is 90.8 Å². The fraction of sp³-hybridized carbons (Fsp3) is 0.304. The van der Waals surface area contributed by atoms with Crippen LogP contribution in [0, 0.1) is 0 Å². The summed E-state index contributed by atoms with van der Waals surface area (Å²) in [6.07, 6.45) is 1.75. The Bertz CT molecular complexity index is 1020. The van der Waals surface area contributed by atoms with E-state index in [9.17, 15) is 0 Å². The van der Waals surface area contributed by atoms with E-state index in [0.29, 0.717) is 24.4 Å². The van der Waals surface area contributed by atoms with Crippen LogP contribution in [0.3, 0.4) is 0 Å². The zero-order chi connectivity index (χ0) is 22.2. The minimum Gasteiger partial charge on any atom is -0.378 e. The zero-order valence-electron chi connectivity index (χ0n) is 18.4. The molecule has 2 aromatic carbocycles. The van der Waals surface area contributed by atoms with Crippen molar-refractivity contribution in [2.24, 2.45) is 5.10 Å². The van der Waals surface area contributed by atoms with Gasteiger partial charge in [-0.15, -0.1) is 0 Å². The molecule has 2 heterocycles. The highest BCUT2D eigenvalue weighted by Gasteiger charge is 2.11. The highest BCUT2D eigenvalue weighted by molar-refractivity contribution is 5.80. The van der Waals surface area contributed by atoms with Crippen molar-refractivity contribution in [3.05, 3.63) is 65.7 Å². The number of rotatable bonds is 8. The summed E-state index contributed by atoms with van der Waals surface area (Å²) >= 11 is 0. The first-order chi connectivity index (χ1) is 15.7. The second-order valence-electron chi connectivity index (χ2n) is 7.58. The Labute approximate surface area is 188 Å². The number of morpholine rings is 1. The monoisotopic (exact) mass is 432 g/mol. The number of benzene rings is 2. The second kappa shape index (κ2) is 10.5. The molecular formula is C23H28N8O. The molecule has 0 aliphatic carbocycles. The molecule has 1 aromatic heterocycles. The van der Waals surface area contributed by atoms with Gasteiger partial charge in [-0.25, -0.2) is 5.43 Å². The molecule has 1 saturated heterocycles. The summed E-state index contributed by atoms with van der Waals surface area (Å²) in [5.74, 6) is 1.41. The lowest BCUT2D eigenvalue weighted by Crippen LogP contribution is -2.36. The van der Waals surface area contributed by atoms with Crippen molar-refractivity contribution in [3.8, 4) is 0 Å². The molecule has 0 amide bonds. The van der Waals surface area contributed by atoms with Crippen molar-refractivity contribution in [2.45, 2.75) is 6.54 Å². The number of nitrogens with one attached hydrogen (secondary N) is 2. The number of hydrogen-bond donors (Lipinski definition) is 2. The maximum Gasteiger partial charge on any atom is 0.250 e. The van der Waals surface area contributed by atoms with Gasteiger partial charge in [-0.3, -0.25) is 0 Å². The lowest BCUT2D eigenvalue weighted by molar-refractivity contribution is 0.122. The van der Waals surface area contributed by atoms with Gasteiger partial charge in [-0.2, -0.15) is 20.1 Å². The number of aromatic nitrogens is 3. The van der Waals surface area contributed by atoms with Crippen LogP contribution < -0.4 is 20.5 Å². The summed E-state index contributed by atoms with van der Waals surface area (Å²) in [5, 5.41) is 7.55. The Balaban J connectivity index is 1.40. The van der Waals surface area contributed by atoms with Gasteiger partial charge in [0.05, 0.1) is 19.4 Å². The van der Waals surface area contributed by atoms with Crippen LogP contribution in [0.5, 0.6) is 0 Å². The Kier molecular flexibility index (Phi) is 7.08. The molecule has 0 atom stereocenters. The number of ether oxygens (including phenoxy) is 1. The van der Waals surface area contributed by atoms with Crippen molar-refractivity contribution in [2.75, 3.05) is 60.9 Å². The van der Waals surface area contributed by atoms with E-state index in [1.54, 1.807) is 6.21 Å². The van der Waals surface area contributed by atoms with Crippen molar-refractivity contribution in [1.82, 2.24) is 15.0 Å². The minimum atomic E-state index is 0.375. The van der Waals surface area contributed by atoms with Crippen LogP contribution in [0.15, 0.2) is 59.7 Å². The van der Waals surface area contributed by atoms with Gasteiger partial charge in [0.25, 0.3) is 0 Å². The molecular weight excluding hydrogens is 404 g/mol. The van der Waals surface area contributed by atoms with Crippen molar-refractivity contribution >= 4 is 29.7 Å². The molecule has 3 aromatic rings. The highest BCUT2D eigenvalue weighted by Crippen LogP contribution is 2.16. The fourth-order valence-corrected chi connectivity index (χ4v) is 3.23. The molecule has 0 radical (unpaired) electrons. The maximum absolute atomic E-state index is 5.41. The van der Waals surface area contributed by atoms with Crippen LogP contribution in [0.4, 0.5) is 23.5 Å². The van der Waals surface area contributed by atoms with Crippen LogP contribution in [0.25, 0.3) is 0 Å². The van der Waals surface area contributed by atoms with Crippen LogP contribution >= 0.6 is 0 Å². The molecule has 0 unspecified atom stereocenters. The summed E-state index contributed by atoms with van der Waals surface area (Å²) in [5.41, 5.74) is 6.24. The first kappa shape index (κ1) is 21.5. The number of hydrogen-bond acceptors (Lipinski definition) is 9. The summed E-state index contributed by atoms with van der Waals surface area (Å²) < 4.78 is 5.41. The minimum absolute atomic E-state index is 0.375. The van der Waals surface area contributed by atoms with Gasteiger partial charge >= 0.3 is 0 Å². The lowest BCUT2D eigenvalue weighted by atomic mass is 10.2. The normalized spacial score (nSPS) is 13.9. The van der Waals surface area contributed by atoms with E-state index in [-0.39, 0.29) is 0 Å². The molecule has 0 spiro atoms. The Hall–Kier alpha value is -3.72. The van der Waals surface area contributed by atoms with E-state index in [2.05, 4.69) is 60.0 Å². The van der Waals surface area contributed by atoms with Crippen LogP contribution in [-0.4, -0.2) is 61.6 Å². The molecule has 0 saturated carbocycles. The molecule has 9 heteroatoms. The van der Waals surface area contributed by atoms with Gasteiger partial charge in [0.1, 0.15) is 0 Å². The quantitative estimate of drug-likeness (QED) is 0.415. The van der Waals surface area contributed by atoms with Gasteiger partial charge in [0, 0.05) is 39.4 Å². The van der Waals surface area contributed by atoms with Gasteiger partial charge in [0.2, 0.25) is 17.8 Å². The van der Waals surface area contributed by atoms with Gasteiger partial charge in [-0.05, 0) is 23.3 Å². The van der Waals surface area contributed by atoms with Crippen LogP contribution in [-0.2, 0) is 11.3 Å². The Morgan fingerprint density at radius 1 is 0.969 bits per heavy atom. The summed E-state index contributed by atoms with van der Waals surface area (Å²) in [6, 6.07) is 18.4. The average molecular weight is 433 g/mol. The largest absolute Gasteiger partial charge is 0.378 e. The van der Waals surface area contributed by atoms with Gasteiger partial charge in [-0.1, -0.05) is 42.5 Å². The molecule has 2 N–H and O–H groups in total. The molecule has 1 aliphatic heterocycles. The van der Waals surface area contributed by atoms with E-state index in [1.165, 1.54) is 5.69 Å². The lowest BCUT2D eigenvalue weighted by Gasteiger charge is -2.28. The first-order valence-electron chi connectivity index (χ1n) is 10.6. The fourth-order valence-electron chi connectivity index (χ4n) is 3.23. The van der Waals surface area contributed by atoms with Crippen molar-refractivity contribution < 1.29 is 4.74 Å². The van der Waals surface area contributed by atoms with Crippen LogP contribution in [0.2, 0.25) is 0 Å². The smallest absolute Gasteiger partial charge is 0.250 e. The third-order valence-corrected chi connectivity index (χ3v) is 4.96. The van der Waals surface area contributed by atoms with Gasteiger partial charge in [0.15, 0.2) is 0 Å². The van der Waals surface area contributed by atoms with Crippen molar-refractivity contribution in [1.29, 1.82) is 0 Å². The molecule has 9 nitrogen and oxygen atoms in total. The third kappa shape index (κ3) is 5.92. The number of hydrazone groups is 1. The van der Waals surface area contributed by atoms with E-state index < -0.39 is 0 Å². The summed E-state index contributed by atoms with van der Waals surface area (Å²) in [4.78, 5) is 17.5. The third-order valence-electron chi connectivity index (χ3n) is 4.96. The standard InChI is InChI=1S/C23H28N8O/c1-30(2)23-27-21(24-16-18-6-4-3-5-7-18)26-22(28-23)29-25-17-19-8-10-20(11-9-19)31-12-14-32-15-13-31/h3-11,17H,12-16H2,1-2H3,(H2,24,26,27,28,29)/b25-17-. The number of anilines is 4. The molecule has 1 fully saturated rings. The molecule has 1 aliphatic rings. The highest BCUT2D eigenvalue weighted by atomic mass is 16.5. The SMILES string of the molecule is CN(C)c1nc(NCc2ccccc2)nc(N/N=C\c2ccc(N3CCOCC3)cc2)n1. The Morgan fingerprint density at radius 3 is 2.41 bits per heavy atom. The Morgan fingerprint density at radius 2 is 1.69 bits per heavy atom. The predicted molar refractivity (Wildman–Crippen MR) is 129 cm³/mol. The number of nitrogens with zero attached hydrogens (tertiary/aromatic N) is 6. The summed E-state index contributed by atoms with van der Waals surface area (Å²) in [6.45, 7) is 4.01. The molecule has 32 heavy (non-hydrogen) atoms. The maximum atomic E-state index is 5.41. The van der Waals surface area contributed by atoms with Crippen molar-refractivity contribution in [3.63, 3.8) is 0 Å². The second-order valence-corrected chi connectivity index (χ2v) is 7.58. The summed E-state index contributed by atoms with van der Waals surface area (Å²) in [7, 11) is 3.78. The van der Waals surface area contributed by atoms with E-state index in [4.69, 9.17) is 4.74 Å². The van der Waals surface area contributed by atoms with E-state index >= 15 is 0 Å². The zero-order valence-corrected chi connectivity index (χ0v) is 18.4. The van der Waals surface area contributed by atoms with Crippen LogP contribution in [0.1, 0.15) is 11.1 Å². The average Bonchev–Trinajstić information content (AvgIpc) is 2.84. The molecule has 4 rings (SSSR count). The van der Waals surface area contributed by atoms with Gasteiger partial charge < -0.3 is 19.9 Å². The predicted octanol–water partition coefficient (Wildman–Crippen LogP) is 2.83. The first-order valence-corrected chi connectivity index (χ1v) is 10.6. The molecule has 166 valence electrons.